The lowest BCUT2D eigenvalue weighted by Crippen LogP contribution is -2.24. The van der Waals surface area contributed by atoms with Crippen LogP contribution in [0.25, 0.3) is 11.3 Å². The first-order valence-corrected chi connectivity index (χ1v) is 9.22. The Morgan fingerprint density at radius 1 is 1.26 bits per heavy atom. The summed E-state index contributed by atoms with van der Waals surface area (Å²) < 4.78 is 7.47. The predicted octanol–water partition coefficient (Wildman–Crippen LogP) is 3.76. The molecule has 138 valence electrons. The number of amides is 1. The summed E-state index contributed by atoms with van der Waals surface area (Å²) in [4.78, 5) is 12.3. The summed E-state index contributed by atoms with van der Waals surface area (Å²) in [5, 5.41) is 7.78. The van der Waals surface area contributed by atoms with Gasteiger partial charge in [-0.15, -0.1) is 0 Å². The van der Waals surface area contributed by atoms with Crippen LogP contribution < -0.4 is 10.1 Å². The average Bonchev–Trinajstić information content (AvgIpc) is 3.01. The third-order valence-electron chi connectivity index (χ3n) is 4.81. The number of nitrogens with zero attached hydrogens (tertiary/aromatic N) is 2. The van der Waals surface area contributed by atoms with Gasteiger partial charge in [-0.25, -0.2) is 0 Å². The molecule has 1 aliphatic rings. The van der Waals surface area contributed by atoms with Crippen LogP contribution in [0.2, 0.25) is 5.02 Å². The van der Waals surface area contributed by atoms with E-state index in [0.29, 0.717) is 35.9 Å². The average molecular weight is 382 g/mol. The highest BCUT2D eigenvalue weighted by Gasteiger charge is 2.22. The van der Waals surface area contributed by atoms with Gasteiger partial charge in [-0.2, -0.15) is 5.10 Å². The van der Waals surface area contributed by atoms with Gasteiger partial charge in [-0.1, -0.05) is 35.9 Å². The molecule has 3 aromatic rings. The molecule has 5 nitrogen and oxygen atoms in total. The molecule has 0 aliphatic carbocycles. The Balaban J connectivity index is 1.64. The van der Waals surface area contributed by atoms with Crippen molar-refractivity contribution in [2.75, 3.05) is 13.2 Å². The highest BCUT2D eigenvalue weighted by atomic mass is 35.5. The number of aromatic nitrogens is 2. The second-order valence-corrected chi connectivity index (χ2v) is 7.08. The topological polar surface area (TPSA) is 56.1 Å². The number of benzene rings is 2. The van der Waals surface area contributed by atoms with Gasteiger partial charge in [0.25, 0.3) is 5.91 Å². The third-order valence-corrected chi connectivity index (χ3v) is 5.27. The maximum absolute atomic E-state index is 12.3. The van der Waals surface area contributed by atoms with Crippen molar-refractivity contribution in [2.24, 2.45) is 7.05 Å². The van der Waals surface area contributed by atoms with Crippen molar-refractivity contribution >= 4 is 17.5 Å². The van der Waals surface area contributed by atoms with Gasteiger partial charge in [0, 0.05) is 18.8 Å². The fourth-order valence-corrected chi connectivity index (χ4v) is 3.54. The molecule has 27 heavy (non-hydrogen) atoms. The maximum Gasteiger partial charge on any atom is 0.255 e. The standard InChI is InChI=1S/C21H20ClN3O2/c1-13-16(12-17-20(19(13)22)27-10-8-23-21(17)26)11-14-3-5-15(6-4-14)18-7-9-25(2)24-18/h3-7,9,12H,8,10-11H2,1-2H3,(H,23,26). The van der Waals surface area contributed by atoms with E-state index in [0.717, 1.165) is 27.9 Å². The van der Waals surface area contributed by atoms with Crippen LogP contribution in [0.1, 0.15) is 27.0 Å². The van der Waals surface area contributed by atoms with Crippen LogP contribution in [0.15, 0.2) is 42.6 Å². The molecule has 6 heteroatoms. The molecule has 0 unspecified atom stereocenters. The molecule has 2 aromatic carbocycles. The lowest BCUT2D eigenvalue weighted by atomic mass is 9.96. The Morgan fingerprint density at radius 3 is 2.74 bits per heavy atom. The first-order valence-electron chi connectivity index (χ1n) is 8.85. The predicted molar refractivity (Wildman–Crippen MR) is 105 cm³/mol. The van der Waals surface area contributed by atoms with Gasteiger partial charge in [0.2, 0.25) is 0 Å². The Hall–Kier alpha value is -2.79. The number of carbonyl (C=O) groups excluding carboxylic acids is 1. The molecule has 0 atom stereocenters. The van der Waals surface area contributed by atoms with Crippen molar-refractivity contribution in [1.82, 2.24) is 15.1 Å². The van der Waals surface area contributed by atoms with E-state index in [9.17, 15) is 4.79 Å². The fourth-order valence-electron chi connectivity index (χ4n) is 3.27. The van der Waals surface area contributed by atoms with Crippen molar-refractivity contribution < 1.29 is 9.53 Å². The van der Waals surface area contributed by atoms with E-state index in [1.54, 1.807) is 4.68 Å². The smallest absolute Gasteiger partial charge is 0.255 e. The van der Waals surface area contributed by atoms with E-state index >= 15 is 0 Å². The van der Waals surface area contributed by atoms with E-state index in [1.807, 2.05) is 32.3 Å². The molecule has 0 saturated heterocycles. The number of carbonyl (C=O) groups is 1. The van der Waals surface area contributed by atoms with Gasteiger partial charge >= 0.3 is 0 Å². The minimum absolute atomic E-state index is 0.142. The lowest BCUT2D eigenvalue weighted by molar-refractivity contribution is 0.0957. The van der Waals surface area contributed by atoms with Crippen LogP contribution in [-0.4, -0.2) is 28.8 Å². The van der Waals surface area contributed by atoms with Gasteiger partial charge in [-0.3, -0.25) is 9.48 Å². The molecule has 1 aromatic heterocycles. The first-order chi connectivity index (χ1) is 13.0. The van der Waals surface area contributed by atoms with E-state index in [1.165, 1.54) is 0 Å². The van der Waals surface area contributed by atoms with Gasteiger partial charge < -0.3 is 10.1 Å². The molecule has 0 fully saturated rings. The second-order valence-electron chi connectivity index (χ2n) is 6.70. The number of hydrogen-bond donors (Lipinski definition) is 1. The molecule has 4 rings (SSSR count). The van der Waals surface area contributed by atoms with Crippen LogP contribution in [0.5, 0.6) is 5.75 Å². The quantitative estimate of drug-likeness (QED) is 0.751. The summed E-state index contributed by atoms with van der Waals surface area (Å²) in [6, 6.07) is 12.2. The minimum Gasteiger partial charge on any atom is -0.489 e. The summed E-state index contributed by atoms with van der Waals surface area (Å²) in [5.41, 5.74) is 5.63. The van der Waals surface area contributed by atoms with Crippen LogP contribution in [0, 0.1) is 6.92 Å². The number of fused-ring (bicyclic) bond motifs is 1. The number of ether oxygens (including phenoxy) is 1. The molecule has 0 spiro atoms. The maximum atomic E-state index is 12.3. The number of nitrogens with one attached hydrogen (secondary N) is 1. The van der Waals surface area contributed by atoms with Crippen molar-refractivity contribution in [2.45, 2.75) is 13.3 Å². The summed E-state index contributed by atoms with van der Waals surface area (Å²) in [6.45, 7) is 2.87. The molecule has 0 radical (unpaired) electrons. The van der Waals surface area contributed by atoms with Crippen molar-refractivity contribution in [3.05, 3.63) is 69.9 Å². The van der Waals surface area contributed by atoms with E-state index in [2.05, 4.69) is 34.7 Å². The number of hydrogen-bond acceptors (Lipinski definition) is 3. The summed E-state index contributed by atoms with van der Waals surface area (Å²) in [5.74, 6) is 0.342. The summed E-state index contributed by atoms with van der Waals surface area (Å²) in [7, 11) is 1.91. The van der Waals surface area contributed by atoms with Gasteiger partial charge in [0.05, 0.1) is 22.8 Å². The van der Waals surface area contributed by atoms with Crippen molar-refractivity contribution in [3.63, 3.8) is 0 Å². The van der Waals surface area contributed by atoms with Crippen LogP contribution >= 0.6 is 11.6 Å². The lowest BCUT2D eigenvalue weighted by Gasteiger charge is -2.15. The Bertz CT molecular complexity index is 1010. The zero-order valence-corrected chi connectivity index (χ0v) is 16.0. The van der Waals surface area contributed by atoms with E-state index in [-0.39, 0.29) is 5.91 Å². The van der Waals surface area contributed by atoms with E-state index in [4.69, 9.17) is 16.3 Å². The normalized spacial score (nSPS) is 13.5. The zero-order valence-electron chi connectivity index (χ0n) is 15.3. The van der Waals surface area contributed by atoms with Crippen molar-refractivity contribution in [1.29, 1.82) is 0 Å². The van der Waals surface area contributed by atoms with Crippen molar-refractivity contribution in [3.8, 4) is 17.0 Å². The van der Waals surface area contributed by atoms with Gasteiger partial charge in [0.15, 0.2) is 5.75 Å². The molecule has 1 amide bonds. The van der Waals surface area contributed by atoms with Gasteiger partial charge in [0.1, 0.15) is 6.61 Å². The first kappa shape index (κ1) is 17.6. The number of rotatable bonds is 3. The molecule has 0 saturated carbocycles. The van der Waals surface area contributed by atoms with Crippen LogP contribution in [0.4, 0.5) is 0 Å². The van der Waals surface area contributed by atoms with Crippen LogP contribution in [-0.2, 0) is 13.5 Å². The minimum atomic E-state index is -0.142. The molecular formula is C21H20ClN3O2. The van der Waals surface area contributed by atoms with Gasteiger partial charge in [-0.05, 0) is 42.2 Å². The Labute approximate surface area is 162 Å². The molecule has 0 bridgehead atoms. The molecule has 2 heterocycles. The largest absolute Gasteiger partial charge is 0.489 e. The molecular weight excluding hydrogens is 362 g/mol. The molecule has 1 N–H and O–H groups in total. The monoisotopic (exact) mass is 381 g/mol. The Morgan fingerprint density at radius 2 is 2.04 bits per heavy atom. The SMILES string of the molecule is Cc1c(Cc2ccc(-c3ccn(C)n3)cc2)cc2c(c1Cl)OCCNC2=O. The Kier molecular flexibility index (Phi) is 4.62. The highest BCUT2D eigenvalue weighted by molar-refractivity contribution is 6.33. The third kappa shape index (κ3) is 3.43. The fraction of sp³-hybridized carbons (Fsp3) is 0.238. The molecule has 1 aliphatic heterocycles. The summed E-state index contributed by atoms with van der Waals surface area (Å²) >= 11 is 6.51. The highest BCUT2D eigenvalue weighted by Crippen LogP contribution is 2.36. The van der Waals surface area contributed by atoms with E-state index < -0.39 is 0 Å². The second kappa shape index (κ2) is 7.08. The van der Waals surface area contributed by atoms with Crippen LogP contribution in [0.3, 0.4) is 0 Å². The number of halogens is 1. The number of aryl methyl sites for hydroxylation is 1. The zero-order chi connectivity index (χ0) is 19.0. The summed E-state index contributed by atoms with van der Waals surface area (Å²) in [6.07, 6.45) is 2.62.